The summed E-state index contributed by atoms with van der Waals surface area (Å²) in [5.74, 6) is 11.4. The number of fused-ring (bicyclic) bond motifs is 5. The number of nitrogens with one attached hydrogen (secondary N) is 5. The van der Waals surface area contributed by atoms with Crippen LogP contribution in [-0.2, 0) is 56.4 Å². The predicted molar refractivity (Wildman–Crippen MR) is 545 cm³/mol. The molecule has 5 amide bonds. The standard InChI is InChI=1S/C23H23N3O3.2C23H21N3O3.C20H18ClN3O3.C20H19N3O3/c1-5-15(3)29-23(27)25-17-9-7-8-16(12-17)22-20(14-24)19-11-10-18(28-4)13-21(19)26(22)6-2;2*1-4-6-12-29-23(27)25-17-9-7-8-16(13-17)22-20(15-24)19-11-10-18(28-3)14-21(19)26(22)5-2;1-3-24-18-10-15(26-2)7-8-16(18)17(11-22)19(24)13-5-4-6-14(9-13)23-20(25)27-12-21;1-4-23-18-11-15(25-2)8-9-16(18)17(12-21)19(23)13-6-5-7-14(10-13)22-20(24)26-3/h5,7-13,15H,1,6H2,2-4H3,(H,25,27);7-11,13-14H,5,12H2,1-3H3,(H,25,27);1,7-11,13-14H,5-6,12H2,2-3H3,(H,25,27);4-10H,3,12H2,1-2H3,(H,23,25);5-11H,4H2,1-3H3,(H,22,24). The molecule has 31 heteroatoms. The van der Waals surface area contributed by atoms with Gasteiger partial charge in [0.25, 0.3) is 0 Å². The van der Waals surface area contributed by atoms with E-state index in [-0.39, 0.29) is 25.4 Å². The van der Waals surface area contributed by atoms with Crippen LogP contribution in [0, 0.1) is 80.8 Å². The third-order valence-corrected chi connectivity index (χ3v) is 22.4. The van der Waals surface area contributed by atoms with Crippen LogP contribution in [0.1, 0.15) is 82.7 Å². The van der Waals surface area contributed by atoms with Crippen molar-refractivity contribution in [2.24, 2.45) is 0 Å². The minimum atomic E-state index is -0.636. The van der Waals surface area contributed by atoms with Gasteiger partial charge < -0.3 is 70.2 Å². The number of ether oxygens (including phenoxy) is 10. The van der Waals surface area contributed by atoms with Crippen LogP contribution in [0.25, 0.3) is 111 Å². The molecule has 0 spiro atoms. The monoisotopic (exact) mass is 1900 g/mol. The maximum absolute atomic E-state index is 12.0. The lowest BCUT2D eigenvalue weighted by Crippen LogP contribution is -2.18. The lowest BCUT2D eigenvalue weighted by Gasteiger charge is -2.12. The number of hydrogen-bond donors (Lipinski definition) is 5. The molecule has 0 saturated carbocycles. The highest BCUT2D eigenvalue weighted by Crippen LogP contribution is 2.43. The molecule has 15 aromatic rings. The van der Waals surface area contributed by atoms with Gasteiger partial charge in [0.05, 0.1) is 127 Å². The number of carbonyl (C=O) groups is 5. The van der Waals surface area contributed by atoms with E-state index in [1.165, 1.54) is 7.11 Å². The van der Waals surface area contributed by atoms with Crippen LogP contribution in [0.4, 0.5) is 52.4 Å². The molecule has 1 unspecified atom stereocenters. The summed E-state index contributed by atoms with van der Waals surface area (Å²) in [6.45, 7) is 20.7. The number of benzene rings is 10. The van der Waals surface area contributed by atoms with E-state index in [9.17, 15) is 50.3 Å². The number of alkyl halides is 1. The van der Waals surface area contributed by atoms with Gasteiger partial charge in [-0.2, -0.15) is 26.3 Å². The van der Waals surface area contributed by atoms with E-state index >= 15 is 0 Å². The second-order valence-corrected chi connectivity index (χ2v) is 30.5. The summed E-state index contributed by atoms with van der Waals surface area (Å²) in [5, 5.41) is 66.8. The Balaban J connectivity index is 0.000000168. The molecule has 0 bridgehead atoms. The number of halogens is 1. The molecule has 140 heavy (non-hydrogen) atoms. The van der Waals surface area contributed by atoms with Crippen molar-refractivity contribution < 1.29 is 71.3 Å². The summed E-state index contributed by atoms with van der Waals surface area (Å²) >= 11 is 5.41. The summed E-state index contributed by atoms with van der Waals surface area (Å²) in [6.07, 6.45) is 3.79. The molecule has 15 rings (SSSR count). The Morgan fingerprint density at radius 3 is 0.864 bits per heavy atom. The molecular formula is C109H102ClN15O15. The number of nitriles is 5. The van der Waals surface area contributed by atoms with Gasteiger partial charge in [-0.1, -0.05) is 90.8 Å². The lowest BCUT2D eigenvalue weighted by molar-refractivity contribution is 0.142. The van der Waals surface area contributed by atoms with Gasteiger partial charge in [-0.25, -0.2) is 24.0 Å². The number of rotatable bonds is 26. The van der Waals surface area contributed by atoms with Gasteiger partial charge in [0.2, 0.25) is 0 Å². The Morgan fingerprint density at radius 2 is 0.636 bits per heavy atom. The summed E-state index contributed by atoms with van der Waals surface area (Å²) in [5.41, 5.74) is 18.6. The van der Waals surface area contributed by atoms with Crippen LogP contribution in [0.5, 0.6) is 28.7 Å². The van der Waals surface area contributed by atoms with Crippen molar-refractivity contribution in [3.05, 3.63) is 253 Å². The van der Waals surface area contributed by atoms with E-state index in [1.54, 1.807) is 91.9 Å². The molecule has 710 valence electrons. The maximum atomic E-state index is 12.0. The number of nitrogens with zero attached hydrogens (tertiary/aromatic N) is 10. The molecule has 0 radical (unpaired) electrons. The van der Waals surface area contributed by atoms with Crippen LogP contribution in [0.2, 0.25) is 0 Å². The molecule has 5 aromatic heterocycles. The van der Waals surface area contributed by atoms with Gasteiger partial charge in [0, 0.05) is 153 Å². The number of aromatic nitrogens is 5. The molecule has 0 saturated heterocycles. The van der Waals surface area contributed by atoms with Crippen LogP contribution in [-0.4, -0.2) is 121 Å². The van der Waals surface area contributed by atoms with E-state index in [0.29, 0.717) is 95.4 Å². The van der Waals surface area contributed by atoms with Crippen LogP contribution in [0.15, 0.2) is 225 Å². The second kappa shape index (κ2) is 49.2. The number of anilines is 5. The van der Waals surface area contributed by atoms with Gasteiger partial charge in [-0.15, -0.1) is 18.3 Å². The van der Waals surface area contributed by atoms with E-state index in [2.05, 4.69) is 109 Å². The maximum Gasteiger partial charge on any atom is 0.412 e. The lowest BCUT2D eigenvalue weighted by atomic mass is 10.1. The molecule has 1 atom stereocenters. The Morgan fingerprint density at radius 1 is 0.379 bits per heavy atom. The average molecular weight is 1900 g/mol. The first-order valence-electron chi connectivity index (χ1n) is 44.2. The average Bonchev–Trinajstić information content (AvgIpc) is 1.63. The normalized spacial score (nSPS) is 10.5. The van der Waals surface area contributed by atoms with Gasteiger partial charge in [0.15, 0.2) is 12.7 Å². The molecule has 5 heterocycles. The second-order valence-electron chi connectivity index (χ2n) is 30.3. The zero-order valence-electron chi connectivity index (χ0n) is 79.5. The highest BCUT2D eigenvalue weighted by molar-refractivity contribution is 6.17. The molecule has 5 N–H and O–H groups in total. The Labute approximate surface area is 815 Å². The fourth-order valence-corrected chi connectivity index (χ4v) is 16.2. The first-order chi connectivity index (χ1) is 68.0. The molecule has 0 aliphatic heterocycles. The minimum Gasteiger partial charge on any atom is -0.497 e. The van der Waals surface area contributed by atoms with E-state index < -0.39 is 30.5 Å². The summed E-state index contributed by atoms with van der Waals surface area (Å²) < 4.78 is 61.6. The van der Waals surface area contributed by atoms with E-state index in [0.717, 1.165) is 140 Å². The predicted octanol–water partition coefficient (Wildman–Crippen LogP) is 24.2. The number of hydrogen-bond acceptors (Lipinski definition) is 20. The number of carbonyl (C=O) groups excluding carboxylic acids is 5. The van der Waals surface area contributed by atoms with Gasteiger partial charge in [-0.3, -0.25) is 26.6 Å². The van der Waals surface area contributed by atoms with Gasteiger partial charge in [0.1, 0.15) is 71.8 Å². The van der Waals surface area contributed by atoms with Crippen LogP contribution in [0.3, 0.4) is 0 Å². The molecule has 30 nitrogen and oxygen atoms in total. The van der Waals surface area contributed by atoms with Crippen molar-refractivity contribution in [3.8, 4) is 140 Å². The number of amides is 5. The topological polar surface area (TPSA) is 381 Å². The summed E-state index contributed by atoms with van der Waals surface area (Å²) in [6, 6.07) is 76.4. The highest BCUT2D eigenvalue weighted by Gasteiger charge is 2.27. The number of terminal acetylenes is 1. The highest BCUT2D eigenvalue weighted by atomic mass is 35.5. The first kappa shape index (κ1) is 102. The first-order valence-corrected chi connectivity index (χ1v) is 44.7. The van der Waals surface area contributed by atoms with Crippen molar-refractivity contribution >= 4 is 125 Å². The third kappa shape index (κ3) is 23.6. The van der Waals surface area contributed by atoms with Crippen LogP contribution < -0.4 is 50.3 Å². The van der Waals surface area contributed by atoms with Crippen molar-refractivity contribution in [2.45, 2.75) is 93.7 Å². The zero-order valence-corrected chi connectivity index (χ0v) is 80.2. The summed E-state index contributed by atoms with van der Waals surface area (Å²) in [4.78, 5) is 59.0. The zero-order chi connectivity index (χ0) is 101. The molecule has 10 aromatic carbocycles. The molecular weight excluding hydrogens is 1790 g/mol. The van der Waals surface area contributed by atoms with Gasteiger partial charge in [-0.05, 0) is 170 Å². The smallest absolute Gasteiger partial charge is 0.412 e. The SMILES string of the molecule is C#CCCOC(=O)Nc1cccc(-c2c(C#N)c3ccc(OC)cc3n2CC)c1.C=CC(C)OC(=O)Nc1cccc(-c2c(C#N)c3ccc(OC)cc3n2CC)c1.CC#CCOC(=O)Nc1cccc(-c2c(C#N)c3ccc(OC)cc3n2CC)c1.CCn1c(-c2cccc(NC(=O)OC)c2)c(C#N)c2ccc(OC)cc21.CCn1c(-c2cccc(NC(=O)OCCl)c2)c(C#N)c2ccc(OC)cc21. The Bertz CT molecular complexity index is 7490. The van der Waals surface area contributed by atoms with Crippen molar-refractivity contribution in [1.29, 1.82) is 26.3 Å². The fraction of sp³-hybridized carbons (Fsp3) is 0.211. The Hall–Kier alpha value is -18.2. The van der Waals surface area contributed by atoms with E-state index in [1.807, 2.05) is 211 Å². The van der Waals surface area contributed by atoms with E-state index in [4.69, 9.17) is 60.7 Å². The van der Waals surface area contributed by atoms with Crippen molar-refractivity contribution in [1.82, 2.24) is 22.8 Å². The molecule has 0 aliphatic rings. The quantitative estimate of drug-likeness (QED) is 0.0110. The molecule has 0 fully saturated rings. The fourth-order valence-electron chi connectivity index (χ4n) is 16.1. The van der Waals surface area contributed by atoms with Crippen LogP contribution >= 0.6 is 11.6 Å². The van der Waals surface area contributed by atoms with Crippen molar-refractivity contribution in [2.75, 3.05) is 88.5 Å². The van der Waals surface area contributed by atoms with Gasteiger partial charge >= 0.3 is 30.5 Å². The Kier molecular flexibility index (Phi) is 36.0. The number of aryl methyl sites for hydroxylation is 5. The largest absolute Gasteiger partial charge is 0.497 e. The third-order valence-electron chi connectivity index (χ3n) is 22.3. The summed E-state index contributed by atoms with van der Waals surface area (Å²) in [7, 11) is 9.40. The molecule has 0 aliphatic carbocycles. The van der Waals surface area contributed by atoms with Crippen molar-refractivity contribution in [3.63, 3.8) is 0 Å². The number of methoxy groups -OCH3 is 6. The minimum absolute atomic E-state index is 0.0342.